The van der Waals surface area contributed by atoms with Crippen molar-refractivity contribution in [3.63, 3.8) is 0 Å². The predicted octanol–water partition coefficient (Wildman–Crippen LogP) is 3.33. The highest BCUT2D eigenvalue weighted by atomic mass is 32.1. The summed E-state index contributed by atoms with van der Waals surface area (Å²) in [5, 5.41) is 13.1. The molecule has 3 heterocycles. The van der Waals surface area contributed by atoms with E-state index < -0.39 is 0 Å². The second-order valence-corrected chi connectivity index (χ2v) is 5.70. The van der Waals surface area contributed by atoms with E-state index in [-0.39, 0.29) is 6.61 Å². The summed E-state index contributed by atoms with van der Waals surface area (Å²) in [6.45, 7) is 3.95. The molecule has 0 unspecified atom stereocenters. The quantitative estimate of drug-likeness (QED) is 0.772. The van der Waals surface area contributed by atoms with Crippen molar-refractivity contribution in [3.8, 4) is 0 Å². The van der Waals surface area contributed by atoms with Crippen LogP contribution >= 0.6 is 11.5 Å². The smallest absolute Gasteiger partial charge is 0.180 e. The van der Waals surface area contributed by atoms with Crippen LogP contribution in [0.1, 0.15) is 44.0 Å². The highest BCUT2D eigenvalue weighted by Crippen LogP contribution is 2.40. The lowest BCUT2D eigenvalue weighted by Crippen LogP contribution is -1.98. The molecule has 1 aliphatic rings. The van der Waals surface area contributed by atoms with Gasteiger partial charge in [0.05, 0.1) is 12.3 Å². The molecule has 1 aliphatic carbocycles. The topological polar surface area (TPSA) is 75.3 Å². The Kier molecular flexibility index (Phi) is 4.35. The summed E-state index contributed by atoms with van der Waals surface area (Å²) in [5.74, 6) is 1.36. The molecule has 0 saturated heterocycles. The SMILES string of the molecule is CC.OCc1cc(Nc2nccn3c(C4CC4)cnc23)sn1. The highest BCUT2D eigenvalue weighted by molar-refractivity contribution is 7.10. The molecule has 0 bridgehead atoms. The molecule has 1 fully saturated rings. The summed E-state index contributed by atoms with van der Waals surface area (Å²) in [5.41, 5.74) is 2.74. The Morgan fingerprint density at radius 3 is 2.86 bits per heavy atom. The van der Waals surface area contributed by atoms with Gasteiger partial charge in [-0.1, -0.05) is 13.8 Å². The molecule has 4 rings (SSSR count). The summed E-state index contributed by atoms with van der Waals surface area (Å²) < 4.78 is 6.23. The monoisotopic (exact) mass is 317 g/mol. The van der Waals surface area contributed by atoms with Gasteiger partial charge in [-0.3, -0.25) is 4.40 Å². The first kappa shape index (κ1) is 14.9. The molecule has 0 amide bonds. The van der Waals surface area contributed by atoms with Gasteiger partial charge >= 0.3 is 0 Å². The predicted molar refractivity (Wildman–Crippen MR) is 87.6 cm³/mol. The third-order valence-electron chi connectivity index (χ3n) is 3.41. The van der Waals surface area contributed by atoms with Gasteiger partial charge in [0, 0.05) is 30.2 Å². The van der Waals surface area contributed by atoms with Crippen molar-refractivity contribution in [3.05, 3.63) is 36.0 Å². The standard InChI is InChI=1S/C13H13N5OS.C2H6/c19-7-9-5-11(20-17-9)16-12-13-15-6-10(8-1-2-8)18(13)4-3-14-12;1-2/h3-6,8,19H,1-2,7H2,(H,14,16);1-2H3. The largest absolute Gasteiger partial charge is 0.390 e. The minimum atomic E-state index is -0.0506. The third kappa shape index (κ3) is 2.82. The molecule has 116 valence electrons. The van der Waals surface area contributed by atoms with Crippen molar-refractivity contribution in [1.29, 1.82) is 0 Å². The number of hydrogen-bond donors (Lipinski definition) is 2. The van der Waals surface area contributed by atoms with E-state index in [2.05, 4.69) is 24.1 Å². The fraction of sp³-hybridized carbons (Fsp3) is 0.400. The van der Waals surface area contributed by atoms with E-state index in [0.717, 1.165) is 10.6 Å². The first-order valence-electron chi connectivity index (χ1n) is 7.50. The van der Waals surface area contributed by atoms with Crippen LogP contribution < -0.4 is 5.32 Å². The maximum Gasteiger partial charge on any atom is 0.180 e. The summed E-state index contributed by atoms with van der Waals surface area (Å²) in [6.07, 6.45) is 8.15. The lowest BCUT2D eigenvalue weighted by molar-refractivity contribution is 0.278. The maximum absolute atomic E-state index is 9.04. The third-order valence-corrected chi connectivity index (χ3v) is 4.16. The molecule has 0 aliphatic heterocycles. The second-order valence-electron chi connectivity index (χ2n) is 4.89. The van der Waals surface area contributed by atoms with Crippen molar-refractivity contribution in [2.75, 3.05) is 5.32 Å². The van der Waals surface area contributed by atoms with E-state index in [1.165, 1.54) is 30.1 Å². The van der Waals surface area contributed by atoms with E-state index in [9.17, 15) is 0 Å². The van der Waals surface area contributed by atoms with Crippen LogP contribution in [0.3, 0.4) is 0 Å². The number of aliphatic hydroxyl groups is 1. The zero-order chi connectivity index (χ0) is 15.5. The van der Waals surface area contributed by atoms with Gasteiger partial charge in [0.2, 0.25) is 0 Å². The lowest BCUT2D eigenvalue weighted by atomic mass is 10.3. The van der Waals surface area contributed by atoms with E-state index in [4.69, 9.17) is 5.11 Å². The Labute approximate surface area is 133 Å². The van der Waals surface area contributed by atoms with Gasteiger partial charge < -0.3 is 10.4 Å². The van der Waals surface area contributed by atoms with Gasteiger partial charge in [0.15, 0.2) is 11.5 Å². The van der Waals surface area contributed by atoms with Crippen LogP contribution in [-0.2, 0) is 6.61 Å². The van der Waals surface area contributed by atoms with Gasteiger partial charge in [0.1, 0.15) is 5.00 Å². The first-order chi connectivity index (χ1) is 10.8. The first-order valence-corrected chi connectivity index (χ1v) is 8.28. The number of aliphatic hydroxyl groups excluding tert-OH is 1. The van der Waals surface area contributed by atoms with Crippen LogP contribution in [0.4, 0.5) is 10.8 Å². The van der Waals surface area contributed by atoms with Crippen LogP contribution in [0.15, 0.2) is 24.7 Å². The van der Waals surface area contributed by atoms with Crippen molar-refractivity contribution in [1.82, 2.24) is 18.7 Å². The molecular weight excluding hydrogens is 298 g/mol. The Bertz CT molecular complexity index is 762. The number of anilines is 2. The van der Waals surface area contributed by atoms with Crippen molar-refractivity contribution >= 4 is 28.0 Å². The van der Waals surface area contributed by atoms with Crippen LogP contribution in [-0.4, -0.2) is 23.8 Å². The fourth-order valence-corrected chi connectivity index (χ4v) is 2.93. The van der Waals surface area contributed by atoms with Crippen LogP contribution in [0.2, 0.25) is 0 Å². The van der Waals surface area contributed by atoms with Gasteiger partial charge in [-0.2, -0.15) is 4.37 Å². The Morgan fingerprint density at radius 1 is 1.36 bits per heavy atom. The zero-order valence-electron chi connectivity index (χ0n) is 12.7. The second kappa shape index (κ2) is 6.41. The molecule has 2 N–H and O–H groups in total. The molecule has 7 heteroatoms. The molecule has 6 nitrogen and oxygen atoms in total. The molecule has 1 saturated carbocycles. The van der Waals surface area contributed by atoms with Crippen molar-refractivity contribution in [2.24, 2.45) is 0 Å². The fourth-order valence-electron chi connectivity index (χ4n) is 2.27. The molecule has 0 aromatic carbocycles. The Balaban J connectivity index is 0.000000693. The number of imidazole rings is 1. The zero-order valence-corrected chi connectivity index (χ0v) is 13.5. The summed E-state index contributed by atoms with van der Waals surface area (Å²) in [4.78, 5) is 8.83. The van der Waals surface area contributed by atoms with Crippen LogP contribution in [0, 0.1) is 0 Å². The molecule has 22 heavy (non-hydrogen) atoms. The Morgan fingerprint density at radius 2 is 2.18 bits per heavy atom. The lowest BCUT2D eigenvalue weighted by Gasteiger charge is -2.04. The van der Waals surface area contributed by atoms with Gasteiger partial charge in [-0.25, -0.2) is 9.97 Å². The number of aromatic nitrogens is 4. The molecule has 0 radical (unpaired) electrons. The minimum Gasteiger partial charge on any atom is -0.390 e. The van der Waals surface area contributed by atoms with Crippen LogP contribution in [0.25, 0.3) is 5.65 Å². The number of nitrogens with one attached hydrogen (secondary N) is 1. The Hall–Kier alpha value is -1.99. The van der Waals surface area contributed by atoms with Crippen molar-refractivity contribution in [2.45, 2.75) is 39.2 Å². The number of nitrogens with zero attached hydrogens (tertiary/aromatic N) is 4. The van der Waals surface area contributed by atoms with E-state index in [1.54, 1.807) is 6.20 Å². The highest BCUT2D eigenvalue weighted by Gasteiger charge is 2.27. The number of fused-ring (bicyclic) bond motifs is 1. The molecule has 3 aromatic rings. The number of hydrogen-bond acceptors (Lipinski definition) is 6. The van der Waals surface area contributed by atoms with Gasteiger partial charge in [-0.15, -0.1) is 0 Å². The average Bonchev–Trinajstić information content (AvgIpc) is 3.14. The molecule has 0 atom stereocenters. The van der Waals surface area contributed by atoms with Crippen molar-refractivity contribution < 1.29 is 5.11 Å². The molecule has 0 spiro atoms. The summed E-state index contributed by atoms with van der Waals surface area (Å²) in [7, 11) is 0. The molecular formula is C15H19N5OS. The average molecular weight is 317 g/mol. The number of rotatable bonds is 4. The van der Waals surface area contributed by atoms with Crippen LogP contribution in [0.5, 0.6) is 0 Å². The van der Waals surface area contributed by atoms with E-state index in [0.29, 0.717) is 17.4 Å². The van der Waals surface area contributed by atoms with Gasteiger partial charge in [-0.05, 0) is 30.4 Å². The minimum absolute atomic E-state index is 0.0506. The van der Waals surface area contributed by atoms with E-state index >= 15 is 0 Å². The summed E-state index contributed by atoms with van der Waals surface area (Å²) >= 11 is 1.30. The van der Waals surface area contributed by atoms with Gasteiger partial charge in [0.25, 0.3) is 0 Å². The van der Waals surface area contributed by atoms with E-state index in [1.807, 2.05) is 32.3 Å². The summed E-state index contributed by atoms with van der Waals surface area (Å²) in [6, 6.07) is 1.82. The maximum atomic E-state index is 9.04. The normalized spacial score (nSPS) is 13.8. The molecule has 3 aromatic heterocycles.